The van der Waals surface area contributed by atoms with Gasteiger partial charge in [0.2, 0.25) is 0 Å². The molecule has 2 aliphatic rings. The van der Waals surface area contributed by atoms with Crippen molar-refractivity contribution >= 4 is 12.4 Å². The second-order valence-electron chi connectivity index (χ2n) is 5.46. The molecule has 20 heavy (non-hydrogen) atoms. The zero-order chi connectivity index (χ0) is 14.7. The lowest BCUT2D eigenvalue weighted by molar-refractivity contribution is -0.142. The first-order chi connectivity index (χ1) is 9.52. The van der Waals surface area contributed by atoms with Crippen molar-refractivity contribution in [1.29, 1.82) is 0 Å². The molecule has 0 fully saturated rings. The summed E-state index contributed by atoms with van der Waals surface area (Å²) in [5.74, 6) is -0.273. The lowest BCUT2D eigenvalue weighted by Gasteiger charge is -2.26. The molecule has 0 radical (unpaired) electrons. The Bertz CT molecular complexity index is 487. The van der Waals surface area contributed by atoms with Crippen LogP contribution in [-0.4, -0.2) is 24.6 Å². The summed E-state index contributed by atoms with van der Waals surface area (Å²) in [5.41, 5.74) is 2.67. The molecule has 4 nitrogen and oxygen atoms in total. The quantitative estimate of drug-likeness (QED) is 0.452. The van der Waals surface area contributed by atoms with E-state index in [1.807, 2.05) is 26.0 Å². The molecule has 0 aromatic rings. The lowest BCUT2D eigenvalue weighted by Crippen LogP contribution is -2.27. The van der Waals surface area contributed by atoms with Crippen LogP contribution in [0.5, 0.6) is 0 Å². The van der Waals surface area contributed by atoms with E-state index in [1.165, 1.54) is 0 Å². The molecule has 0 saturated heterocycles. The minimum Gasteiger partial charge on any atom is -0.460 e. The first-order valence-corrected chi connectivity index (χ1v) is 6.85. The fourth-order valence-electron chi connectivity index (χ4n) is 2.73. The highest BCUT2D eigenvalue weighted by molar-refractivity contribution is 5.91. The van der Waals surface area contributed by atoms with Crippen LogP contribution in [0.1, 0.15) is 33.1 Å². The van der Waals surface area contributed by atoms with Crippen molar-refractivity contribution < 1.29 is 19.1 Å². The zero-order valence-electron chi connectivity index (χ0n) is 11.9. The molecule has 0 aromatic carbocycles. The van der Waals surface area contributed by atoms with Crippen molar-refractivity contribution in [1.82, 2.24) is 0 Å². The molecule has 0 aromatic heterocycles. The minimum absolute atomic E-state index is 0.0390. The van der Waals surface area contributed by atoms with Crippen LogP contribution in [0.15, 0.2) is 35.5 Å². The van der Waals surface area contributed by atoms with Crippen LogP contribution in [0.2, 0.25) is 0 Å². The molecular formula is C16H20O4. The number of ether oxygens (including phenoxy) is 2. The molecule has 0 unspecified atom stereocenters. The molecule has 1 aliphatic carbocycles. The van der Waals surface area contributed by atoms with E-state index < -0.39 is 0 Å². The summed E-state index contributed by atoms with van der Waals surface area (Å²) < 4.78 is 10.6. The van der Waals surface area contributed by atoms with Gasteiger partial charge in [-0.3, -0.25) is 4.79 Å². The Balaban J connectivity index is 2.31. The monoisotopic (exact) mass is 276 g/mol. The summed E-state index contributed by atoms with van der Waals surface area (Å²) in [4.78, 5) is 22.5. The average molecular weight is 276 g/mol. The SMILES string of the molecule is C=C(C)[C@@H]1C[C@@H](OC=O)/C(C)=C/CCC2=C[C@@H]1OC2=O. The number of carbonyl (C=O) groups excluding carboxylic acids is 2. The Labute approximate surface area is 119 Å². The van der Waals surface area contributed by atoms with Gasteiger partial charge in [-0.2, -0.15) is 0 Å². The number of carbonyl (C=O) groups is 2. The van der Waals surface area contributed by atoms with E-state index in [0.717, 1.165) is 23.1 Å². The topological polar surface area (TPSA) is 52.6 Å². The Kier molecular flexibility index (Phi) is 4.42. The largest absolute Gasteiger partial charge is 0.460 e. The molecule has 2 rings (SSSR count). The van der Waals surface area contributed by atoms with Crippen LogP contribution in [0.4, 0.5) is 0 Å². The average Bonchev–Trinajstić information content (AvgIpc) is 2.74. The maximum atomic E-state index is 11.8. The van der Waals surface area contributed by atoms with E-state index in [9.17, 15) is 9.59 Å². The molecule has 0 spiro atoms. The normalized spacial score (nSPS) is 32.5. The second kappa shape index (κ2) is 6.07. The van der Waals surface area contributed by atoms with Crippen molar-refractivity contribution in [3.8, 4) is 0 Å². The first kappa shape index (κ1) is 14.6. The second-order valence-corrected chi connectivity index (χ2v) is 5.46. The van der Waals surface area contributed by atoms with E-state index >= 15 is 0 Å². The third kappa shape index (κ3) is 3.00. The highest BCUT2D eigenvalue weighted by Gasteiger charge is 2.34. The van der Waals surface area contributed by atoms with Crippen molar-refractivity contribution in [2.45, 2.75) is 45.3 Å². The van der Waals surface area contributed by atoms with E-state index in [0.29, 0.717) is 19.3 Å². The maximum Gasteiger partial charge on any atom is 0.334 e. The van der Waals surface area contributed by atoms with Crippen LogP contribution in [0, 0.1) is 5.92 Å². The summed E-state index contributed by atoms with van der Waals surface area (Å²) in [6, 6.07) is 0. The van der Waals surface area contributed by atoms with Gasteiger partial charge in [-0.1, -0.05) is 18.2 Å². The molecule has 0 N–H and O–H groups in total. The summed E-state index contributed by atoms with van der Waals surface area (Å²) >= 11 is 0. The Morgan fingerprint density at radius 1 is 1.55 bits per heavy atom. The fourth-order valence-corrected chi connectivity index (χ4v) is 2.73. The molecule has 0 amide bonds. The third-order valence-corrected chi connectivity index (χ3v) is 3.98. The van der Waals surface area contributed by atoms with Gasteiger partial charge in [-0.05, 0) is 44.8 Å². The smallest absolute Gasteiger partial charge is 0.334 e. The van der Waals surface area contributed by atoms with Gasteiger partial charge in [0.25, 0.3) is 6.47 Å². The lowest BCUT2D eigenvalue weighted by atomic mass is 9.86. The number of hydrogen-bond acceptors (Lipinski definition) is 4. The maximum absolute atomic E-state index is 11.8. The fraction of sp³-hybridized carbons (Fsp3) is 0.500. The summed E-state index contributed by atoms with van der Waals surface area (Å²) in [6.07, 6.45) is 5.32. The van der Waals surface area contributed by atoms with Gasteiger partial charge in [0.05, 0.1) is 0 Å². The number of fused-ring (bicyclic) bond motifs is 1. The third-order valence-electron chi connectivity index (χ3n) is 3.98. The number of esters is 1. The van der Waals surface area contributed by atoms with Crippen LogP contribution in [0.3, 0.4) is 0 Å². The molecule has 1 heterocycles. The van der Waals surface area contributed by atoms with Gasteiger partial charge in [0.15, 0.2) is 0 Å². The molecule has 108 valence electrons. The van der Waals surface area contributed by atoms with Crippen molar-refractivity contribution in [2.75, 3.05) is 0 Å². The van der Waals surface area contributed by atoms with Gasteiger partial charge in [-0.25, -0.2) is 4.79 Å². The Morgan fingerprint density at radius 3 is 2.95 bits per heavy atom. The summed E-state index contributed by atoms with van der Waals surface area (Å²) in [6.45, 7) is 8.32. The Hall–Kier alpha value is -1.84. The zero-order valence-corrected chi connectivity index (χ0v) is 11.9. The Morgan fingerprint density at radius 2 is 2.30 bits per heavy atom. The molecule has 4 heteroatoms. The van der Waals surface area contributed by atoms with Gasteiger partial charge in [-0.15, -0.1) is 0 Å². The van der Waals surface area contributed by atoms with Gasteiger partial charge < -0.3 is 9.47 Å². The number of allylic oxidation sites excluding steroid dienone is 1. The van der Waals surface area contributed by atoms with Gasteiger partial charge >= 0.3 is 5.97 Å². The standard InChI is InChI=1S/C16H20O4/c1-10(2)13-8-14(19-9-17)11(3)5-4-6-12-7-15(13)20-16(12)18/h5,7,9,13-15H,1,4,6,8H2,2-3H3/b11-5+/t13-,14+,15-/m0/s1. The minimum atomic E-state index is -0.293. The molecule has 3 atom stereocenters. The van der Waals surface area contributed by atoms with Crippen molar-refractivity contribution in [3.63, 3.8) is 0 Å². The van der Waals surface area contributed by atoms with E-state index in [1.54, 1.807) is 0 Å². The van der Waals surface area contributed by atoms with Gasteiger partial charge in [0, 0.05) is 11.5 Å². The molecule has 2 bridgehead atoms. The van der Waals surface area contributed by atoms with E-state index in [4.69, 9.17) is 9.47 Å². The summed E-state index contributed by atoms with van der Waals surface area (Å²) in [5, 5.41) is 0. The highest BCUT2D eigenvalue weighted by atomic mass is 16.5. The van der Waals surface area contributed by atoms with E-state index in [-0.39, 0.29) is 24.1 Å². The predicted molar refractivity (Wildman–Crippen MR) is 74.8 cm³/mol. The molecular weight excluding hydrogens is 256 g/mol. The molecule has 0 saturated carbocycles. The van der Waals surface area contributed by atoms with Crippen LogP contribution in [-0.2, 0) is 19.1 Å². The predicted octanol–water partition coefficient (Wildman–Crippen LogP) is 2.70. The van der Waals surface area contributed by atoms with Crippen molar-refractivity contribution in [3.05, 3.63) is 35.5 Å². The van der Waals surface area contributed by atoms with Crippen LogP contribution >= 0.6 is 0 Å². The highest BCUT2D eigenvalue weighted by Crippen LogP contribution is 2.33. The van der Waals surface area contributed by atoms with E-state index in [2.05, 4.69) is 6.58 Å². The van der Waals surface area contributed by atoms with Crippen molar-refractivity contribution in [2.24, 2.45) is 5.92 Å². The first-order valence-electron chi connectivity index (χ1n) is 6.85. The van der Waals surface area contributed by atoms with Gasteiger partial charge in [0.1, 0.15) is 12.2 Å². The van der Waals surface area contributed by atoms with Crippen LogP contribution < -0.4 is 0 Å². The number of rotatable bonds is 3. The summed E-state index contributed by atoms with van der Waals surface area (Å²) in [7, 11) is 0. The van der Waals surface area contributed by atoms with Crippen LogP contribution in [0.25, 0.3) is 0 Å². The molecule has 1 aliphatic heterocycles. The number of hydrogen-bond donors (Lipinski definition) is 0.